The Morgan fingerprint density at radius 2 is 2.00 bits per heavy atom. The summed E-state index contributed by atoms with van der Waals surface area (Å²) in [5, 5.41) is 6.15. The number of nitrogens with zero attached hydrogens (tertiary/aromatic N) is 2. The fraction of sp³-hybridized carbons (Fsp3) is 0.429. The normalized spacial score (nSPS) is 9.90. The largest absolute Gasteiger partial charge is 0.384 e. The molecule has 0 spiro atoms. The van der Waals surface area contributed by atoms with Gasteiger partial charge in [-0.15, -0.1) is 0 Å². The number of halogens is 1. The lowest BCUT2D eigenvalue weighted by Gasteiger charge is -2.14. The van der Waals surface area contributed by atoms with Crippen LogP contribution < -0.4 is 10.6 Å². The summed E-state index contributed by atoms with van der Waals surface area (Å²) in [4.78, 5) is 13.9. The Morgan fingerprint density at radius 3 is 2.50 bits per heavy atom. The fourth-order valence-corrected chi connectivity index (χ4v) is 2.11. The highest BCUT2D eigenvalue weighted by Gasteiger charge is 2.18. The van der Waals surface area contributed by atoms with Gasteiger partial charge in [-0.25, -0.2) is 4.79 Å². The molecule has 0 unspecified atom stereocenters. The molecule has 0 atom stereocenters. The van der Waals surface area contributed by atoms with E-state index in [-0.39, 0.29) is 6.03 Å². The predicted molar refractivity (Wildman–Crippen MR) is 83.8 cm³/mol. The summed E-state index contributed by atoms with van der Waals surface area (Å²) in [7, 11) is 7.45. The SMILES string of the molecule is CCc1cccc(Cl)c1NC(=O)NC(N(C)C)=[N+](C)C. The van der Waals surface area contributed by atoms with Crippen LogP contribution in [0.15, 0.2) is 18.2 Å². The minimum absolute atomic E-state index is 0.315. The van der Waals surface area contributed by atoms with Gasteiger partial charge in [-0.1, -0.05) is 30.7 Å². The van der Waals surface area contributed by atoms with Gasteiger partial charge in [0.25, 0.3) is 0 Å². The van der Waals surface area contributed by atoms with Crippen molar-refractivity contribution in [3.8, 4) is 0 Å². The van der Waals surface area contributed by atoms with Crippen molar-refractivity contribution in [1.82, 2.24) is 10.2 Å². The second kappa shape index (κ2) is 7.14. The fourth-order valence-electron chi connectivity index (χ4n) is 1.87. The standard InChI is InChI=1S/C14H21ClN4O/c1-6-10-8-7-9-11(15)12(10)16-13(20)17-14(18(2)3)19(4)5/h7-9H,6H2,1-5H3,(H,16,20)/p+1. The second-order valence-electron chi connectivity index (χ2n) is 4.82. The molecule has 0 saturated heterocycles. The number of rotatable bonds is 2. The van der Waals surface area contributed by atoms with Crippen LogP contribution in [0, 0.1) is 0 Å². The number of guanidine groups is 1. The molecule has 1 rings (SSSR count). The molecule has 0 aliphatic carbocycles. The van der Waals surface area contributed by atoms with E-state index in [2.05, 4.69) is 10.6 Å². The number of hydrogen-bond donors (Lipinski definition) is 2. The molecule has 1 aromatic rings. The van der Waals surface area contributed by atoms with Crippen LogP contribution in [0.1, 0.15) is 12.5 Å². The number of amides is 2. The van der Waals surface area contributed by atoms with Crippen molar-refractivity contribution in [2.24, 2.45) is 0 Å². The van der Waals surface area contributed by atoms with Gasteiger partial charge in [0.1, 0.15) is 0 Å². The zero-order valence-electron chi connectivity index (χ0n) is 12.6. The maximum atomic E-state index is 12.1. The van der Waals surface area contributed by atoms with Crippen LogP contribution in [-0.4, -0.2) is 49.7 Å². The van der Waals surface area contributed by atoms with Crippen LogP contribution in [0.4, 0.5) is 10.5 Å². The lowest BCUT2D eigenvalue weighted by atomic mass is 10.1. The van der Waals surface area contributed by atoms with Crippen LogP contribution in [0.3, 0.4) is 0 Å². The third kappa shape index (κ3) is 4.13. The lowest BCUT2D eigenvalue weighted by molar-refractivity contribution is -0.471. The van der Waals surface area contributed by atoms with Gasteiger partial charge >= 0.3 is 12.0 Å². The van der Waals surface area contributed by atoms with Crippen molar-refractivity contribution in [2.75, 3.05) is 33.5 Å². The van der Waals surface area contributed by atoms with Crippen molar-refractivity contribution >= 4 is 29.3 Å². The average Bonchev–Trinajstić information content (AvgIpc) is 2.37. The highest BCUT2D eigenvalue weighted by Crippen LogP contribution is 2.26. The van der Waals surface area contributed by atoms with E-state index < -0.39 is 0 Å². The van der Waals surface area contributed by atoms with E-state index in [1.165, 1.54) is 0 Å². The smallest absolute Gasteiger partial charge is 0.293 e. The van der Waals surface area contributed by atoms with Gasteiger partial charge in [0.05, 0.1) is 38.9 Å². The summed E-state index contributed by atoms with van der Waals surface area (Å²) in [5.74, 6) is 0.688. The van der Waals surface area contributed by atoms with Crippen molar-refractivity contribution in [1.29, 1.82) is 0 Å². The third-order valence-corrected chi connectivity index (χ3v) is 3.11. The second-order valence-corrected chi connectivity index (χ2v) is 5.23. The van der Waals surface area contributed by atoms with Crippen LogP contribution in [0.5, 0.6) is 0 Å². The first-order chi connectivity index (χ1) is 9.36. The predicted octanol–water partition coefficient (Wildman–Crippen LogP) is 2.21. The van der Waals surface area contributed by atoms with E-state index >= 15 is 0 Å². The zero-order valence-corrected chi connectivity index (χ0v) is 13.4. The Labute approximate surface area is 125 Å². The van der Waals surface area contributed by atoms with E-state index in [1.807, 2.05) is 56.7 Å². The molecule has 1 aromatic carbocycles. The van der Waals surface area contributed by atoms with Gasteiger partial charge in [0.2, 0.25) is 0 Å². The van der Waals surface area contributed by atoms with E-state index in [1.54, 1.807) is 6.07 Å². The average molecular weight is 298 g/mol. The Morgan fingerprint density at radius 1 is 1.35 bits per heavy atom. The maximum Gasteiger partial charge on any atom is 0.384 e. The van der Waals surface area contributed by atoms with Crippen molar-refractivity contribution in [2.45, 2.75) is 13.3 Å². The van der Waals surface area contributed by atoms with E-state index in [0.717, 1.165) is 12.0 Å². The number of carbonyl (C=O) groups is 1. The third-order valence-electron chi connectivity index (χ3n) is 2.79. The summed E-state index contributed by atoms with van der Waals surface area (Å²) in [5.41, 5.74) is 1.66. The van der Waals surface area contributed by atoms with Gasteiger partial charge in [-0.2, -0.15) is 5.32 Å². The molecule has 2 N–H and O–H groups in total. The Balaban J connectivity index is 2.90. The van der Waals surface area contributed by atoms with Gasteiger partial charge in [0.15, 0.2) is 0 Å². The molecule has 0 aliphatic rings. The molecule has 0 aromatic heterocycles. The molecular weight excluding hydrogens is 276 g/mol. The first-order valence-electron chi connectivity index (χ1n) is 6.43. The van der Waals surface area contributed by atoms with E-state index in [9.17, 15) is 4.79 Å². The summed E-state index contributed by atoms with van der Waals surface area (Å²) in [6, 6.07) is 5.27. The van der Waals surface area contributed by atoms with Crippen molar-refractivity contribution in [3.63, 3.8) is 0 Å². The lowest BCUT2D eigenvalue weighted by Crippen LogP contribution is -2.46. The van der Waals surface area contributed by atoms with Crippen molar-refractivity contribution < 1.29 is 9.37 Å². The molecule has 0 heterocycles. The minimum Gasteiger partial charge on any atom is -0.293 e. The molecule has 20 heavy (non-hydrogen) atoms. The first-order valence-corrected chi connectivity index (χ1v) is 6.81. The number of para-hydroxylation sites is 1. The molecule has 110 valence electrons. The number of urea groups is 1. The first kappa shape index (κ1) is 16.3. The van der Waals surface area contributed by atoms with Gasteiger partial charge < -0.3 is 0 Å². The number of aryl methyl sites for hydroxylation is 1. The highest BCUT2D eigenvalue weighted by atomic mass is 35.5. The van der Waals surface area contributed by atoms with Crippen LogP contribution in [-0.2, 0) is 6.42 Å². The number of anilines is 1. The van der Waals surface area contributed by atoms with Gasteiger partial charge in [-0.3, -0.25) is 14.8 Å². The Bertz CT molecular complexity index is 522. The van der Waals surface area contributed by atoms with Gasteiger partial charge in [0, 0.05) is 0 Å². The highest BCUT2D eigenvalue weighted by molar-refractivity contribution is 6.34. The maximum absolute atomic E-state index is 12.1. The quantitative estimate of drug-likeness (QED) is 0.499. The number of hydrogen-bond acceptors (Lipinski definition) is 1. The molecule has 0 saturated carbocycles. The molecule has 0 radical (unpaired) electrons. The molecular formula is C14H22ClN4O+. The number of nitrogens with one attached hydrogen (secondary N) is 2. The number of benzene rings is 1. The molecule has 5 nitrogen and oxygen atoms in total. The minimum atomic E-state index is -0.315. The molecule has 0 aliphatic heterocycles. The summed E-state index contributed by atoms with van der Waals surface area (Å²) in [6.45, 7) is 2.02. The molecule has 6 heteroatoms. The van der Waals surface area contributed by atoms with E-state index in [4.69, 9.17) is 11.6 Å². The monoisotopic (exact) mass is 297 g/mol. The van der Waals surface area contributed by atoms with Crippen LogP contribution in [0.25, 0.3) is 0 Å². The molecule has 0 bridgehead atoms. The summed E-state index contributed by atoms with van der Waals surface area (Å²) in [6.07, 6.45) is 0.800. The van der Waals surface area contributed by atoms with Crippen LogP contribution >= 0.6 is 11.6 Å². The molecule has 0 fully saturated rings. The topological polar surface area (TPSA) is 47.4 Å². The zero-order chi connectivity index (χ0) is 15.3. The summed E-state index contributed by atoms with van der Waals surface area (Å²) >= 11 is 6.14. The Hall–Kier alpha value is -1.75. The Kier molecular flexibility index (Phi) is 5.82. The van der Waals surface area contributed by atoms with Crippen molar-refractivity contribution in [3.05, 3.63) is 28.8 Å². The summed E-state index contributed by atoms with van der Waals surface area (Å²) < 4.78 is 1.83. The number of carbonyl (C=O) groups excluding carboxylic acids is 1. The van der Waals surface area contributed by atoms with Crippen LogP contribution in [0.2, 0.25) is 5.02 Å². The molecule has 2 amide bonds. The van der Waals surface area contributed by atoms with Gasteiger partial charge in [-0.05, 0) is 18.1 Å². The van der Waals surface area contributed by atoms with E-state index in [0.29, 0.717) is 16.7 Å².